The normalized spacial score (nSPS) is 10.6. The first kappa shape index (κ1) is 15.1. The lowest BCUT2D eigenvalue weighted by Gasteiger charge is -2.08. The third kappa shape index (κ3) is 3.42. The smallest absolute Gasteiger partial charge is 0.295 e. The summed E-state index contributed by atoms with van der Waals surface area (Å²) >= 11 is 17.8. The molecule has 1 heterocycles. The Kier molecular flexibility index (Phi) is 4.86. The lowest BCUT2D eigenvalue weighted by atomic mass is 10.3. The molecule has 0 fully saturated rings. The lowest BCUT2D eigenvalue weighted by Crippen LogP contribution is -2.14. The molecule has 0 aliphatic heterocycles. The molecule has 20 heavy (non-hydrogen) atoms. The van der Waals surface area contributed by atoms with Crippen LogP contribution in [-0.4, -0.2) is 21.1 Å². The Morgan fingerprint density at radius 2 is 1.95 bits per heavy atom. The topological polar surface area (TPSA) is 70.7 Å². The zero-order valence-electron chi connectivity index (χ0n) is 10.5. The van der Waals surface area contributed by atoms with Gasteiger partial charge in [-0.2, -0.15) is 0 Å². The lowest BCUT2D eigenvalue weighted by molar-refractivity contribution is 0.101. The molecule has 0 radical (unpaired) electrons. The quantitative estimate of drug-likeness (QED) is 0.889. The standard InChI is InChI=1S/C12H11Cl3N4O/c1-2-3-9-16-11(19-18-9)12(20)17-10-7(14)4-6(13)5-8(10)15/h4-5H,2-3H2,1H3,(H,17,20)(H,16,18,19). The maximum Gasteiger partial charge on any atom is 0.295 e. The number of nitrogens with one attached hydrogen (secondary N) is 2. The van der Waals surface area contributed by atoms with Crippen LogP contribution in [-0.2, 0) is 6.42 Å². The number of benzene rings is 1. The van der Waals surface area contributed by atoms with Crippen LogP contribution in [0.1, 0.15) is 29.8 Å². The van der Waals surface area contributed by atoms with Crippen molar-refractivity contribution in [3.05, 3.63) is 38.8 Å². The van der Waals surface area contributed by atoms with Gasteiger partial charge in [0, 0.05) is 11.4 Å². The van der Waals surface area contributed by atoms with Crippen molar-refractivity contribution in [2.45, 2.75) is 19.8 Å². The van der Waals surface area contributed by atoms with E-state index in [2.05, 4.69) is 20.5 Å². The zero-order chi connectivity index (χ0) is 14.7. The molecule has 0 spiro atoms. The molecule has 5 nitrogen and oxygen atoms in total. The third-order valence-electron chi connectivity index (χ3n) is 2.47. The summed E-state index contributed by atoms with van der Waals surface area (Å²) in [5.41, 5.74) is 0.282. The molecule has 1 amide bonds. The second-order valence-corrected chi connectivity index (χ2v) is 5.31. The Balaban J connectivity index is 2.19. The number of aryl methyl sites for hydroxylation is 1. The minimum Gasteiger partial charge on any atom is -0.317 e. The minimum atomic E-state index is -0.491. The molecular weight excluding hydrogens is 323 g/mol. The van der Waals surface area contributed by atoms with Crippen molar-refractivity contribution in [3.63, 3.8) is 0 Å². The second-order valence-electron chi connectivity index (χ2n) is 4.05. The highest BCUT2D eigenvalue weighted by Gasteiger charge is 2.16. The minimum absolute atomic E-state index is 0.0375. The molecule has 0 unspecified atom stereocenters. The molecule has 0 atom stereocenters. The number of amides is 1. The molecule has 1 aromatic heterocycles. The van der Waals surface area contributed by atoms with E-state index >= 15 is 0 Å². The van der Waals surface area contributed by atoms with Crippen LogP contribution in [0.4, 0.5) is 5.69 Å². The Labute approximate surface area is 130 Å². The molecule has 8 heteroatoms. The molecule has 2 rings (SSSR count). The van der Waals surface area contributed by atoms with Gasteiger partial charge in [0.15, 0.2) is 0 Å². The maximum atomic E-state index is 12.0. The zero-order valence-corrected chi connectivity index (χ0v) is 12.8. The Morgan fingerprint density at radius 1 is 1.30 bits per heavy atom. The first-order valence-corrected chi connectivity index (χ1v) is 7.01. The number of carbonyl (C=O) groups excluding carboxylic acids is 1. The number of aromatic nitrogens is 3. The highest BCUT2D eigenvalue weighted by molar-refractivity contribution is 6.42. The van der Waals surface area contributed by atoms with Gasteiger partial charge in [0.2, 0.25) is 5.82 Å². The van der Waals surface area contributed by atoms with Gasteiger partial charge in [0.25, 0.3) is 5.91 Å². The molecule has 1 aromatic carbocycles. The van der Waals surface area contributed by atoms with E-state index in [1.165, 1.54) is 12.1 Å². The molecule has 2 N–H and O–H groups in total. The molecule has 0 saturated heterocycles. The van der Waals surface area contributed by atoms with Crippen molar-refractivity contribution >= 4 is 46.4 Å². The number of hydrogen-bond acceptors (Lipinski definition) is 3. The van der Waals surface area contributed by atoms with E-state index in [0.29, 0.717) is 10.8 Å². The van der Waals surface area contributed by atoms with Crippen LogP contribution in [0.3, 0.4) is 0 Å². The highest BCUT2D eigenvalue weighted by atomic mass is 35.5. The van der Waals surface area contributed by atoms with Crippen LogP contribution >= 0.6 is 34.8 Å². The number of halogens is 3. The van der Waals surface area contributed by atoms with Crippen molar-refractivity contribution < 1.29 is 4.79 Å². The summed E-state index contributed by atoms with van der Waals surface area (Å²) in [5.74, 6) is 0.205. The average Bonchev–Trinajstić information content (AvgIpc) is 2.82. The maximum absolute atomic E-state index is 12.0. The van der Waals surface area contributed by atoms with E-state index in [1.807, 2.05) is 6.92 Å². The van der Waals surface area contributed by atoms with Crippen LogP contribution in [0.15, 0.2) is 12.1 Å². The largest absolute Gasteiger partial charge is 0.317 e. The van der Waals surface area contributed by atoms with Crippen molar-refractivity contribution in [1.82, 2.24) is 15.2 Å². The van der Waals surface area contributed by atoms with Crippen LogP contribution in [0.5, 0.6) is 0 Å². The molecule has 0 bridgehead atoms. The van der Waals surface area contributed by atoms with Crippen LogP contribution < -0.4 is 5.32 Å². The van der Waals surface area contributed by atoms with E-state index in [4.69, 9.17) is 34.8 Å². The molecular formula is C12H11Cl3N4O. The fourth-order valence-corrected chi connectivity index (χ4v) is 2.49. The molecule has 106 valence electrons. The van der Waals surface area contributed by atoms with Crippen molar-refractivity contribution in [3.8, 4) is 0 Å². The summed E-state index contributed by atoms with van der Waals surface area (Å²) in [4.78, 5) is 16.1. The van der Waals surface area contributed by atoms with Gasteiger partial charge in [-0.05, 0) is 18.6 Å². The van der Waals surface area contributed by atoms with Gasteiger partial charge in [-0.3, -0.25) is 9.89 Å². The van der Waals surface area contributed by atoms with E-state index < -0.39 is 5.91 Å². The van der Waals surface area contributed by atoms with E-state index in [-0.39, 0.29) is 21.6 Å². The summed E-state index contributed by atoms with van der Waals surface area (Å²) in [7, 11) is 0. The molecule has 0 aliphatic carbocycles. The van der Waals surface area contributed by atoms with Gasteiger partial charge < -0.3 is 5.32 Å². The Morgan fingerprint density at radius 3 is 2.55 bits per heavy atom. The number of anilines is 1. The summed E-state index contributed by atoms with van der Waals surface area (Å²) in [6.07, 6.45) is 1.63. The summed E-state index contributed by atoms with van der Waals surface area (Å²) in [6.45, 7) is 2.01. The van der Waals surface area contributed by atoms with E-state index in [9.17, 15) is 4.79 Å². The first-order chi connectivity index (χ1) is 9.51. The molecule has 0 saturated carbocycles. The molecule has 0 aliphatic rings. The Hall–Kier alpha value is -1.30. The SMILES string of the molecule is CCCc1nc(C(=O)Nc2c(Cl)cc(Cl)cc2Cl)n[nH]1. The number of aromatic amines is 1. The monoisotopic (exact) mass is 332 g/mol. The van der Waals surface area contributed by atoms with Crippen molar-refractivity contribution in [2.24, 2.45) is 0 Å². The number of carbonyl (C=O) groups is 1. The first-order valence-electron chi connectivity index (χ1n) is 5.88. The number of H-pyrrole nitrogens is 1. The van der Waals surface area contributed by atoms with Gasteiger partial charge in [-0.15, -0.1) is 5.10 Å². The van der Waals surface area contributed by atoms with Crippen molar-refractivity contribution in [1.29, 1.82) is 0 Å². The van der Waals surface area contributed by atoms with Crippen molar-refractivity contribution in [2.75, 3.05) is 5.32 Å². The van der Waals surface area contributed by atoms with Crippen LogP contribution in [0.25, 0.3) is 0 Å². The average molecular weight is 334 g/mol. The van der Waals surface area contributed by atoms with Gasteiger partial charge in [-0.1, -0.05) is 41.7 Å². The summed E-state index contributed by atoms with van der Waals surface area (Å²) in [6, 6.07) is 2.98. The van der Waals surface area contributed by atoms with Gasteiger partial charge in [-0.25, -0.2) is 4.98 Å². The van der Waals surface area contributed by atoms with Gasteiger partial charge in [0.05, 0.1) is 15.7 Å². The summed E-state index contributed by atoms with van der Waals surface area (Å²) < 4.78 is 0. The van der Waals surface area contributed by atoms with E-state index in [0.717, 1.165) is 12.8 Å². The second kappa shape index (κ2) is 6.43. The Bertz CT molecular complexity index is 618. The summed E-state index contributed by atoms with van der Waals surface area (Å²) in [5, 5.41) is 10.0. The fraction of sp³-hybridized carbons (Fsp3) is 0.250. The van der Waals surface area contributed by atoms with Gasteiger partial charge in [0.1, 0.15) is 5.82 Å². The highest BCUT2D eigenvalue weighted by Crippen LogP contribution is 2.33. The number of nitrogens with zero attached hydrogens (tertiary/aromatic N) is 2. The van der Waals surface area contributed by atoms with Crippen LogP contribution in [0, 0.1) is 0 Å². The number of hydrogen-bond donors (Lipinski definition) is 2. The third-order valence-corrected chi connectivity index (χ3v) is 3.28. The predicted octanol–water partition coefficient (Wildman–Crippen LogP) is 3.97. The fourth-order valence-electron chi connectivity index (χ4n) is 1.58. The predicted molar refractivity (Wildman–Crippen MR) is 79.8 cm³/mol. The number of rotatable bonds is 4. The van der Waals surface area contributed by atoms with Crippen LogP contribution in [0.2, 0.25) is 15.1 Å². The van der Waals surface area contributed by atoms with Gasteiger partial charge >= 0.3 is 0 Å². The van der Waals surface area contributed by atoms with E-state index in [1.54, 1.807) is 0 Å². The molecule has 2 aromatic rings.